The van der Waals surface area contributed by atoms with Gasteiger partial charge in [0.1, 0.15) is 34.9 Å². The Hall–Kier alpha value is -11.4. The van der Waals surface area contributed by atoms with Gasteiger partial charge in [0, 0.05) is 69.0 Å². The van der Waals surface area contributed by atoms with Crippen molar-refractivity contribution in [3.63, 3.8) is 0 Å². The van der Waals surface area contributed by atoms with E-state index in [0.717, 1.165) is 125 Å². The highest BCUT2D eigenvalue weighted by Gasteiger charge is 2.50. The van der Waals surface area contributed by atoms with Crippen molar-refractivity contribution in [3.05, 3.63) is 309 Å². The first kappa shape index (κ1) is 49.2. The summed E-state index contributed by atoms with van der Waals surface area (Å²) in [5.41, 5.74) is 18.8. The highest BCUT2D eigenvalue weighted by molar-refractivity contribution is 7.03. The summed E-state index contributed by atoms with van der Waals surface area (Å²) in [5, 5.41) is 0. The lowest BCUT2D eigenvalue weighted by Gasteiger charge is -2.46. The third kappa shape index (κ3) is 7.78. The van der Waals surface area contributed by atoms with E-state index in [1.54, 1.807) is 0 Å². The molecule has 0 atom stereocenters. The summed E-state index contributed by atoms with van der Waals surface area (Å²) in [7, 11) is 0. The van der Waals surface area contributed by atoms with Gasteiger partial charge in [-0.3, -0.25) is 29.4 Å². The molecular formula is C75H51B2N9. The van der Waals surface area contributed by atoms with Crippen LogP contribution >= 0.6 is 0 Å². The Morgan fingerprint density at radius 2 is 0.500 bits per heavy atom. The molecule has 13 aromatic rings. The fourth-order valence-electron chi connectivity index (χ4n) is 13.6. The van der Waals surface area contributed by atoms with Crippen molar-refractivity contribution in [2.75, 3.05) is 29.4 Å². The molecule has 11 heteroatoms. The molecule has 86 heavy (non-hydrogen) atoms. The van der Waals surface area contributed by atoms with Crippen molar-refractivity contribution in [1.29, 1.82) is 0 Å². The first-order valence-corrected chi connectivity index (χ1v) is 29.3. The van der Waals surface area contributed by atoms with Crippen molar-refractivity contribution in [1.82, 2.24) is 15.0 Å². The van der Waals surface area contributed by atoms with Crippen LogP contribution in [-0.2, 0) is 0 Å². The van der Waals surface area contributed by atoms with Crippen LogP contribution in [0.3, 0.4) is 0 Å². The number of hydrogen-bond acceptors (Lipinski definition) is 9. The highest BCUT2D eigenvalue weighted by Crippen LogP contribution is 2.50. The number of nitrogens with zero attached hydrogens (tertiary/aromatic N) is 9. The summed E-state index contributed by atoms with van der Waals surface area (Å²) in [6, 6.07) is 110. The number of hydrogen-bond donors (Lipinski definition) is 0. The monoisotopic (exact) mass is 1100 g/mol. The fraction of sp³-hybridized carbons (Fsp3) is 0. The molecule has 0 radical (unpaired) electrons. The average Bonchev–Trinajstić information content (AvgIpc) is 0.706. The molecule has 0 N–H and O–H groups in total. The summed E-state index contributed by atoms with van der Waals surface area (Å²) in [5.74, 6) is 4.93. The van der Waals surface area contributed by atoms with Crippen LogP contribution in [0.4, 0.5) is 103 Å². The van der Waals surface area contributed by atoms with Crippen LogP contribution in [0.25, 0.3) is 0 Å². The van der Waals surface area contributed by atoms with Gasteiger partial charge in [0.2, 0.25) is 0 Å². The Morgan fingerprint density at radius 3 is 0.814 bits per heavy atom. The van der Waals surface area contributed by atoms with Gasteiger partial charge in [0.25, 0.3) is 13.4 Å². The van der Waals surface area contributed by atoms with E-state index >= 15 is 0 Å². The number of rotatable bonds is 10. The Balaban J connectivity index is 0.995. The van der Waals surface area contributed by atoms with Gasteiger partial charge in [-0.2, -0.15) is 0 Å². The van der Waals surface area contributed by atoms with E-state index in [1.807, 2.05) is 0 Å². The molecule has 7 heterocycles. The molecule has 0 bridgehead atoms. The van der Waals surface area contributed by atoms with Gasteiger partial charge in [-0.1, -0.05) is 188 Å². The standard InChI is InChI=1S/C75H51B2N9/c1-9-29-52(30-10-1)81(53-31-11-2-12-32-53)68-50-66-70-74(78-68)83(56-37-17-5-18-38-56)64-47-27-25-45-60(64)76(70)62-49-63-73(80-72(62)85(66)58-41-21-7-22-42-58)86(59-43-23-8-24-44-59)67-51-69(82(54-33-13-3-14-34-54)55-35-15-4-16-36-55)79-75-71(67)77(63)61-46-26-28-48-65(61)84(75)57-39-19-6-20-40-57/h1-51H. The van der Waals surface area contributed by atoms with Crippen molar-refractivity contribution in [2.24, 2.45) is 0 Å². The molecule has 0 unspecified atom stereocenters. The number of pyridine rings is 3. The SMILES string of the molecule is c1ccc(N(c2ccccc2)c2cc3c4c(n2)N(c2ccccc2)c2ccccc2B4c2cc4c(nc2N3c2ccccc2)N(c2ccccc2)c2cc(N(c3ccccc3)c3ccccc3)nc3c2B4c2ccccc2N3c2ccccc2)cc1. The Morgan fingerprint density at radius 1 is 0.233 bits per heavy atom. The third-order valence-corrected chi connectivity index (χ3v) is 17.1. The minimum atomic E-state index is -0.288. The molecule has 4 aliphatic heterocycles. The topological polar surface area (TPSA) is 58.1 Å². The smallest absolute Gasteiger partial charge is 0.256 e. The lowest BCUT2D eigenvalue weighted by Crippen LogP contribution is -2.66. The minimum Gasteiger partial charge on any atom is -0.296 e. The second-order valence-electron chi connectivity index (χ2n) is 22.0. The first-order valence-electron chi connectivity index (χ1n) is 29.3. The Labute approximate surface area is 500 Å². The summed E-state index contributed by atoms with van der Waals surface area (Å²) in [6.45, 7) is -0.576. The second-order valence-corrected chi connectivity index (χ2v) is 22.0. The number of anilines is 18. The van der Waals surface area contributed by atoms with Crippen LogP contribution in [0.15, 0.2) is 309 Å². The number of para-hydroxylation sites is 10. The maximum Gasteiger partial charge on any atom is 0.256 e. The number of benzene rings is 10. The van der Waals surface area contributed by atoms with Crippen molar-refractivity contribution in [2.45, 2.75) is 0 Å². The fourth-order valence-corrected chi connectivity index (χ4v) is 13.6. The zero-order valence-corrected chi connectivity index (χ0v) is 46.6. The molecule has 0 aliphatic carbocycles. The van der Waals surface area contributed by atoms with Gasteiger partial charge in [-0.15, -0.1) is 0 Å². The Bertz CT molecular complexity index is 4310. The van der Waals surface area contributed by atoms with E-state index in [-0.39, 0.29) is 13.4 Å². The van der Waals surface area contributed by atoms with Gasteiger partial charge in [0.15, 0.2) is 0 Å². The van der Waals surface area contributed by atoms with Gasteiger partial charge in [-0.25, -0.2) is 15.0 Å². The quantitative estimate of drug-likeness (QED) is 0.125. The van der Waals surface area contributed by atoms with Crippen molar-refractivity contribution < 1.29 is 0 Å². The predicted octanol–water partition coefficient (Wildman–Crippen LogP) is 15.0. The molecule has 10 aromatic carbocycles. The highest BCUT2D eigenvalue weighted by atomic mass is 15.3. The maximum atomic E-state index is 6.31. The molecular weight excluding hydrogens is 1050 g/mol. The molecule has 0 spiro atoms. The van der Waals surface area contributed by atoms with E-state index in [9.17, 15) is 0 Å². The van der Waals surface area contributed by atoms with E-state index in [4.69, 9.17) is 15.0 Å². The molecule has 4 aliphatic rings. The Kier molecular flexibility index (Phi) is 11.5. The zero-order valence-electron chi connectivity index (χ0n) is 46.6. The molecule has 402 valence electrons. The molecule has 9 nitrogen and oxygen atoms in total. The van der Waals surface area contributed by atoms with Gasteiger partial charge in [0.05, 0.1) is 11.4 Å². The molecule has 0 saturated carbocycles. The predicted molar refractivity (Wildman–Crippen MR) is 357 cm³/mol. The minimum absolute atomic E-state index is 0.288. The number of fused-ring (bicyclic) bond motifs is 8. The summed E-state index contributed by atoms with van der Waals surface area (Å²) < 4.78 is 0. The summed E-state index contributed by atoms with van der Waals surface area (Å²) >= 11 is 0. The zero-order chi connectivity index (χ0) is 56.7. The second kappa shape index (κ2) is 20.2. The van der Waals surface area contributed by atoms with Crippen molar-refractivity contribution >= 4 is 149 Å². The largest absolute Gasteiger partial charge is 0.296 e. The molecule has 0 amide bonds. The third-order valence-electron chi connectivity index (χ3n) is 17.1. The van der Waals surface area contributed by atoms with Crippen LogP contribution in [-0.4, -0.2) is 28.4 Å². The first-order chi connectivity index (χ1) is 42.7. The van der Waals surface area contributed by atoms with Crippen LogP contribution in [0.2, 0.25) is 0 Å². The molecule has 17 rings (SSSR count). The van der Waals surface area contributed by atoms with E-state index < -0.39 is 0 Å². The van der Waals surface area contributed by atoms with E-state index in [1.165, 1.54) is 10.9 Å². The van der Waals surface area contributed by atoms with Crippen LogP contribution < -0.4 is 62.2 Å². The van der Waals surface area contributed by atoms with Crippen molar-refractivity contribution in [3.8, 4) is 0 Å². The van der Waals surface area contributed by atoms with Crippen LogP contribution in [0.5, 0.6) is 0 Å². The van der Waals surface area contributed by atoms with E-state index in [2.05, 4.69) is 339 Å². The number of aromatic nitrogens is 3. The normalized spacial score (nSPS) is 13.0. The average molecular weight is 1100 g/mol. The molecule has 0 fully saturated rings. The maximum absolute atomic E-state index is 6.31. The summed E-state index contributed by atoms with van der Waals surface area (Å²) in [6.07, 6.45) is 0. The summed E-state index contributed by atoms with van der Waals surface area (Å²) in [4.78, 5) is 32.3. The van der Waals surface area contributed by atoms with Gasteiger partial charge >= 0.3 is 0 Å². The lowest BCUT2D eigenvalue weighted by molar-refractivity contribution is 1.10. The lowest BCUT2D eigenvalue weighted by atomic mass is 9.31. The van der Waals surface area contributed by atoms with E-state index in [0.29, 0.717) is 0 Å². The van der Waals surface area contributed by atoms with Crippen LogP contribution in [0, 0.1) is 0 Å². The van der Waals surface area contributed by atoms with Gasteiger partial charge < -0.3 is 0 Å². The molecule has 0 saturated heterocycles. The van der Waals surface area contributed by atoms with Crippen LogP contribution in [0.1, 0.15) is 0 Å². The van der Waals surface area contributed by atoms with Gasteiger partial charge in [-0.05, 0) is 142 Å². The molecule has 3 aromatic heterocycles.